The van der Waals surface area contributed by atoms with Crippen LogP contribution in [0.25, 0.3) is 0 Å². The van der Waals surface area contributed by atoms with E-state index in [1.54, 1.807) is 0 Å². The first-order valence-electron chi connectivity index (χ1n) is 6.41. The van der Waals surface area contributed by atoms with Crippen LogP contribution in [0, 0.1) is 12.8 Å². The van der Waals surface area contributed by atoms with E-state index in [9.17, 15) is 0 Å². The van der Waals surface area contributed by atoms with Crippen molar-refractivity contribution < 1.29 is 4.74 Å². The summed E-state index contributed by atoms with van der Waals surface area (Å²) >= 11 is 0. The van der Waals surface area contributed by atoms with Gasteiger partial charge in [0.1, 0.15) is 0 Å². The van der Waals surface area contributed by atoms with Crippen molar-refractivity contribution in [3.05, 3.63) is 11.8 Å². The second-order valence-corrected chi connectivity index (χ2v) is 4.62. The van der Waals surface area contributed by atoms with Gasteiger partial charge in [0, 0.05) is 25.4 Å². The van der Waals surface area contributed by atoms with Crippen LogP contribution in [-0.4, -0.2) is 43.8 Å². The van der Waals surface area contributed by atoms with Crippen molar-refractivity contribution >= 4 is 5.95 Å². The summed E-state index contributed by atoms with van der Waals surface area (Å²) in [5.41, 5.74) is 0.927. The Balaban J connectivity index is 2.74. The smallest absolute Gasteiger partial charge is 0.228 e. The lowest BCUT2D eigenvalue weighted by atomic mass is 10.2. The van der Waals surface area contributed by atoms with Crippen LogP contribution in [0.3, 0.4) is 0 Å². The summed E-state index contributed by atoms with van der Waals surface area (Å²) in [6.45, 7) is 8.63. The standard InChI is InChI=1S/C13H24N4O/c1-6-18-12-7-11(3)15-13(16-12)17(5)9-10(2)8-14-4/h7,10,14H,6,8-9H2,1-5H3. The van der Waals surface area contributed by atoms with Crippen molar-refractivity contribution in [1.82, 2.24) is 15.3 Å². The topological polar surface area (TPSA) is 50.3 Å². The molecule has 1 aromatic heterocycles. The Morgan fingerprint density at radius 3 is 2.78 bits per heavy atom. The molecule has 0 radical (unpaired) electrons. The number of rotatable bonds is 7. The molecule has 5 heteroatoms. The Bertz CT molecular complexity index is 370. The van der Waals surface area contributed by atoms with E-state index in [4.69, 9.17) is 4.74 Å². The minimum Gasteiger partial charge on any atom is -0.478 e. The fourth-order valence-corrected chi connectivity index (χ4v) is 1.88. The number of aryl methyl sites for hydroxylation is 1. The largest absolute Gasteiger partial charge is 0.478 e. The molecule has 0 aliphatic heterocycles. The first kappa shape index (κ1) is 14.7. The molecular formula is C13H24N4O. The van der Waals surface area contributed by atoms with Gasteiger partial charge < -0.3 is 15.0 Å². The molecule has 0 aliphatic carbocycles. The maximum atomic E-state index is 5.44. The number of hydrogen-bond donors (Lipinski definition) is 1. The third-order valence-corrected chi connectivity index (χ3v) is 2.59. The van der Waals surface area contributed by atoms with Crippen LogP contribution in [-0.2, 0) is 0 Å². The van der Waals surface area contributed by atoms with Gasteiger partial charge in [-0.25, -0.2) is 4.98 Å². The van der Waals surface area contributed by atoms with Crippen LogP contribution in [0.1, 0.15) is 19.5 Å². The predicted octanol–water partition coefficient (Wildman–Crippen LogP) is 1.48. The number of anilines is 1. The number of nitrogens with one attached hydrogen (secondary N) is 1. The van der Waals surface area contributed by atoms with Gasteiger partial charge in [0.2, 0.25) is 11.8 Å². The highest BCUT2D eigenvalue weighted by atomic mass is 16.5. The molecule has 102 valence electrons. The number of hydrogen-bond acceptors (Lipinski definition) is 5. The van der Waals surface area contributed by atoms with Crippen molar-refractivity contribution in [1.29, 1.82) is 0 Å². The lowest BCUT2D eigenvalue weighted by molar-refractivity contribution is 0.326. The Labute approximate surface area is 110 Å². The van der Waals surface area contributed by atoms with E-state index in [0.717, 1.165) is 24.7 Å². The van der Waals surface area contributed by atoms with Crippen molar-refractivity contribution in [2.45, 2.75) is 20.8 Å². The first-order chi connectivity index (χ1) is 8.56. The van der Waals surface area contributed by atoms with Gasteiger partial charge in [-0.2, -0.15) is 4.98 Å². The molecule has 0 saturated carbocycles. The van der Waals surface area contributed by atoms with E-state index in [-0.39, 0.29) is 0 Å². The fourth-order valence-electron chi connectivity index (χ4n) is 1.88. The molecule has 5 nitrogen and oxygen atoms in total. The van der Waals surface area contributed by atoms with Crippen LogP contribution in [0.5, 0.6) is 5.88 Å². The summed E-state index contributed by atoms with van der Waals surface area (Å²) < 4.78 is 5.44. The average Bonchev–Trinajstić information content (AvgIpc) is 2.28. The fraction of sp³-hybridized carbons (Fsp3) is 0.692. The zero-order chi connectivity index (χ0) is 13.5. The van der Waals surface area contributed by atoms with Crippen LogP contribution in [0.2, 0.25) is 0 Å². The molecule has 0 fully saturated rings. The molecular weight excluding hydrogens is 228 g/mol. The third-order valence-electron chi connectivity index (χ3n) is 2.59. The molecule has 1 rings (SSSR count). The molecule has 0 aliphatic rings. The average molecular weight is 252 g/mol. The van der Waals surface area contributed by atoms with E-state index in [0.29, 0.717) is 18.4 Å². The molecule has 0 bridgehead atoms. The summed E-state index contributed by atoms with van der Waals surface area (Å²) in [5.74, 6) is 1.91. The van der Waals surface area contributed by atoms with Crippen molar-refractivity contribution in [2.75, 3.05) is 38.7 Å². The van der Waals surface area contributed by atoms with Crippen LogP contribution in [0.4, 0.5) is 5.95 Å². The molecule has 1 unspecified atom stereocenters. The summed E-state index contributed by atoms with van der Waals surface area (Å²) in [6, 6.07) is 1.86. The van der Waals surface area contributed by atoms with Gasteiger partial charge >= 0.3 is 0 Å². The lowest BCUT2D eigenvalue weighted by Crippen LogP contribution is -2.30. The Morgan fingerprint density at radius 1 is 1.44 bits per heavy atom. The van der Waals surface area contributed by atoms with Crippen LogP contribution >= 0.6 is 0 Å². The highest BCUT2D eigenvalue weighted by molar-refractivity contribution is 5.33. The summed E-state index contributed by atoms with van der Waals surface area (Å²) in [6.07, 6.45) is 0. The highest BCUT2D eigenvalue weighted by Crippen LogP contribution is 2.15. The van der Waals surface area contributed by atoms with Gasteiger partial charge in [-0.1, -0.05) is 6.92 Å². The van der Waals surface area contributed by atoms with Gasteiger partial charge in [0.25, 0.3) is 0 Å². The molecule has 1 atom stereocenters. The third kappa shape index (κ3) is 4.49. The Hall–Kier alpha value is -1.36. The van der Waals surface area contributed by atoms with E-state index in [2.05, 4.69) is 27.1 Å². The zero-order valence-corrected chi connectivity index (χ0v) is 12.0. The Morgan fingerprint density at radius 2 is 2.17 bits per heavy atom. The number of aromatic nitrogens is 2. The molecule has 0 spiro atoms. The maximum absolute atomic E-state index is 5.44. The summed E-state index contributed by atoms with van der Waals surface area (Å²) in [4.78, 5) is 10.9. The lowest BCUT2D eigenvalue weighted by Gasteiger charge is -2.22. The van der Waals surface area contributed by atoms with Crippen molar-refractivity contribution in [3.8, 4) is 5.88 Å². The minimum atomic E-state index is 0.541. The van der Waals surface area contributed by atoms with Crippen LogP contribution in [0.15, 0.2) is 6.07 Å². The van der Waals surface area contributed by atoms with Crippen LogP contribution < -0.4 is 15.0 Å². The summed E-state index contributed by atoms with van der Waals surface area (Å²) in [5, 5.41) is 3.18. The molecule has 0 amide bonds. The SMILES string of the molecule is CCOc1cc(C)nc(N(C)CC(C)CNC)n1. The van der Waals surface area contributed by atoms with E-state index in [1.165, 1.54) is 0 Å². The quantitative estimate of drug-likeness (QED) is 0.796. The van der Waals surface area contributed by atoms with Crippen molar-refractivity contribution in [3.63, 3.8) is 0 Å². The van der Waals surface area contributed by atoms with Crippen molar-refractivity contribution in [2.24, 2.45) is 5.92 Å². The highest BCUT2D eigenvalue weighted by Gasteiger charge is 2.11. The molecule has 18 heavy (non-hydrogen) atoms. The Kier molecular flexibility index (Phi) is 5.85. The zero-order valence-electron chi connectivity index (χ0n) is 12.0. The molecule has 1 heterocycles. The number of ether oxygens (including phenoxy) is 1. The van der Waals surface area contributed by atoms with Gasteiger partial charge in [-0.15, -0.1) is 0 Å². The van der Waals surface area contributed by atoms with Gasteiger partial charge in [-0.05, 0) is 33.4 Å². The molecule has 0 saturated heterocycles. The molecule has 0 aromatic carbocycles. The normalized spacial score (nSPS) is 12.3. The van der Waals surface area contributed by atoms with E-state index in [1.807, 2.05) is 34.0 Å². The number of nitrogens with zero attached hydrogens (tertiary/aromatic N) is 3. The molecule has 1 N–H and O–H groups in total. The summed E-state index contributed by atoms with van der Waals surface area (Å²) in [7, 11) is 3.98. The maximum Gasteiger partial charge on any atom is 0.228 e. The second kappa shape index (κ2) is 7.16. The van der Waals surface area contributed by atoms with E-state index < -0.39 is 0 Å². The molecule has 1 aromatic rings. The van der Waals surface area contributed by atoms with E-state index >= 15 is 0 Å². The minimum absolute atomic E-state index is 0.541. The second-order valence-electron chi connectivity index (χ2n) is 4.62. The first-order valence-corrected chi connectivity index (χ1v) is 6.41. The van der Waals surface area contributed by atoms with Gasteiger partial charge in [0.05, 0.1) is 6.61 Å². The monoisotopic (exact) mass is 252 g/mol. The van der Waals surface area contributed by atoms with Gasteiger partial charge in [0.15, 0.2) is 0 Å². The predicted molar refractivity (Wildman–Crippen MR) is 74.3 cm³/mol. The van der Waals surface area contributed by atoms with Gasteiger partial charge in [-0.3, -0.25) is 0 Å².